The van der Waals surface area contributed by atoms with E-state index in [-0.39, 0.29) is 5.24 Å². The van der Waals surface area contributed by atoms with Gasteiger partial charge in [-0.3, -0.25) is 4.79 Å². The molecular formula is C5H6N2OS2. The molecule has 0 saturated heterocycles. The molecule has 1 amide bonds. The van der Waals surface area contributed by atoms with Crippen molar-refractivity contribution in [3.05, 3.63) is 16.6 Å². The Labute approximate surface area is 67.9 Å². The zero-order valence-corrected chi connectivity index (χ0v) is 6.78. The molecule has 0 aliphatic carbocycles. The molecule has 1 rings (SSSR count). The summed E-state index contributed by atoms with van der Waals surface area (Å²) >= 11 is 5.04. The van der Waals surface area contributed by atoms with Gasteiger partial charge in [-0.15, -0.1) is 11.3 Å². The number of aromatic nitrogens is 1. The second kappa shape index (κ2) is 3.58. The number of nitrogens with zero attached hydrogens (tertiary/aromatic N) is 1. The lowest BCUT2D eigenvalue weighted by molar-refractivity contribution is 0.260. The number of amides is 1. The summed E-state index contributed by atoms with van der Waals surface area (Å²) in [6.07, 6.45) is 1.70. The first-order chi connectivity index (χ1) is 4.79. The Morgan fingerprint density at radius 1 is 1.90 bits per heavy atom. The largest absolute Gasteiger partial charge is 0.341 e. The topological polar surface area (TPSA) is 42.0 Å². The van der Waals surface area contributed by atoms with Crippen molar-refractivity contribution in [2.45, 2.75) is 6.54 Å². The van der Waals surface area contributed by atoms with Crippen molar-refractivity contribution in [3.8, 4) is 0 Å². The number of carbonyl (C=O) groups is 1. The summed E-state index contributed by atoms with van der Waals surface area (Å²) in [5.41, 5.74) is 0. The summed E-state index contributed by atoms with van der Waals surface area (Å²) in [6, 6.07) is 0. The van der Waals surface area contributed by atoms with Crippen LogP contribution in [-0.2, 0) is 6.54 Å². The number of nitrogens with one attached hydrogen (secondary N) is 1. The smallest absolute Gasteiger partial charge is 0.276 e. The van der Waals surface area contributed by atoms with Crippen molar-refractivity contribution in [2.75, 3.05) is 0 Å². The Balaban J connectivity index is 2.35. The zero-order valence-electron chi connectivity index (χ0n) is 5.07. The first-order valence-corrected chi connectivity index (χ1v) is 3.97. The van der Waals surface area contributed by atoms with Crippen LogP contribution in [0.4, 0.5) is 4.79 Å². The third-order valence-corrected chi connectivity index (χ3v) is 1.81. The second-order valence-corrected chi connectivity index (χ2v) is 2.97. The third-order valence-electron chi connectivity index (χ3n) is 0.874. The molecule has 0 unspecified atom stereocenters. The second-order valence-electron chi connectivity index (χ2n) is 1.58. The van der Waals surface area contributed by atoms with E-state index in [1.54, 1.807) is 6.20 Å². The fraction of sp³-hybridized carbons (Fsp3) is 0.200. The molecule has 0 fully saturated rings. The summed E-state index contributed by atoms with van der Waals surface area (Å²) in [5, 5.41) is 4.95. The maximum atomic E-state index is 10.3. The molecule has 1 N–H and O–H groups in total. The first-order valence-electron chi connectivity index (χ1n) is 2.64. The average molecular weight is 174 g/mol. The van der Waals surface area contributed by atoms with Gasteiger partial charge < -0.3 is 5.32 Å². The van der Waals surface area contributed by atoms with Crippen molar-refractivity contribution >= 4 is 29.2 Å². The minimum Gasteiger partial charge on any atom is -0.341 e. The van der Waals surface area contributed by atoms with Crippen molar-refractivity contribution in [1.82, 2.24) is 10.3 Å². The van der Waals surface area contributed by atoms with Crippen LogP contribution in [0.25, 0.3) is 0 Å². The van der Waals surface area contributed by atoms with Crippen LogP contribution in [-0.4, -0.2) is 10.2 Å². The molecule has 1 aromatic rings. The molecule has 3 nitrogen and oxygen atoms in total. The van der Waals surface area contributed by atoms with Crippen LogP contribution in [0.1, 0.15) is 5.01 Å². The Hall–Kier alpha value is -0.550. The first kappa shape index (κ1) is 7.56. The number of rotatable bonds is 2. The van der Waals surface area contributed by atoms with Crippen LogP contribution in [0.5, 0.6) is 0 Å². The summed E-state index contributed by atoms with van der Waals surface area (Å²) in [7, 11) is 0. The Kier molecular flexibility index (Phi) is 2.70. The van der Waals surface area contributed by atoms with Gasteiger partial charge in [0, 0.05) is 11.6 Å². The lowest BCUT2D eigenvalue weighted by atomic mass is 10.7. The minimum atomic E-state index is -0.324. The highest BCUT2D eigenvalue weighted by molar-refractivity contribution is 7.96. The quantitative estimate of drug-likeness (QED) is 0.663. The van der Waals surface area contributed by atoms with Gasteiger partial charge in [0.2, 0.25) is 0 Å². The predicted octanol–water partition coefficient (Wildman–Crippen LogP) is 1.28. The Bertz CT molecular complexity index is 209. The van der Waals surface area contributed by atoms with Crippen molar-refractivity contribution in [3.63, 3.8) is 0 Å². The van der Waals surface area contributed by atoms with Crippen LogP contribution in [0.15, 0.2) is 11.6 Å². The van der Waals surface area contributed by atoms with E-state index in [0.29, 0.717) is 6.54 Å². The van der Waals surface area contributed by atoms with Crippen LogP contribution in [0, 0.1) is 0 Å². The summed E-state index contributed by atoms with van der Waals surface area (Å²) < 4.78 is 0. The molecule has 1 heterocycles. The minimum absolute atomic E-state index is 0.324. The average Bonchev–Trinajstić information content (AvgIpc) is 2.34. The van der Waals surface area contributed by atoms with Crippen LogP contribution in [0.2, 0.25) is 0 Å². The number of carbonyl (C=O) groups excluding carboxylic acids is 1. The van der Waals surface area contributed by atoms with Crippen molar-refractivity contribution in [1.29, 1.82) is 0 Å². The maximum Gasteiger partial charge on any atom is 0.276 e. The molecule has 0 bridgehead atoms. The maximum absolute atomic E-state index is 10.3. The fourth-order valence-corrected chi connectivity index (χ4v) is 1.13. The van der Waals surface area contributed by atoms with Gasteiger partial charge in [-0.2, -0.15) is 0 Å². The van der Waals surface area contributed by atoms with E-state index in [9.17, 15) is 4.79 Å². The molecule has 10 heavy (non-hydrogen) atoms. The van der Waals surface area contributed by atoms with Gasteiger partial charge in [0.1, 0.15) is 5.01 Å². The summed E-state index contributed by atoms with van der Waals surface area (Å²) in [6.45, 7) is 0.472. The van der Waals surface area contributed by atoms with E-state index in [1.165, 1.54) is 11.3 Å². The van der Waals surface area contributed by atoms with Crippen LogP contribution >= 0.6 is 24.0 Å². The Morgan fingerprint density at radius 3 is 3.20 bits per heavy atom. The number of thiazole rings is 1. The van der Waals surface area contributed by atoms with Gasteiger partial charge in [-0.05, 0) is 0 Å². The van der Waals surface area contributed by atoms with Gasteiger partial charge in [0.25, 0.3) is 5.24 Å². The fourth-order valence-electron chi connectivity index (χ4n) is 0.491. The molecule has 0 radical (unpaired) electrons. The van der Waals surface area contributed by atoms with Gasteiger partial charge >= 0.3 is 0 Å². The molecule has 0 aliphatic heterocycles. The molecule has 5 heteroatoms. The highest BCUT2D eigenvalue weighted by Crippen LogP contribution is 2.02. The van der Waals surface area contributed by atoms with Gasteiger partial charge in [0.15, 0.2) is 0 Å². The predicted molar refractivity (Wildman–Crippen MR) is 43.3 cm³/mol. The number of thiol groups is 1. The van der Waals surface area contributed by atoms with E-state index in [1.807, 2.05) is 5.38 Å². The molecule has 0 aliphatic rings. The van der Waals surface area contributed by atoms with Gasteiger partial charge in [0.05, 0.1) is 6.54 Å². The molecular weight excluding hydrogens is 168 g/mol. The summed E-state index contributed by atoms with van der Waals surface area (Å²) in [5.74, 6) is 0. The van der Waals surface area contributed by atoms with Crippen LogP contribution in [0.3, 0.4) is 0 Å². The van der Waals surface area contributed by atoms with E-state index < -0.39 is 0 Å². The highest BCUT2D eigenvalue weighted by Gasteiger charge is 1.95. The third kappa shape index (κ3) is 2.36. The monoisotopic (exact) mass is 174 g/mol. The number of hydrogen-bond donors (Lipinski definition) is 2. The van der Waals surface area contributed by atoms with E-state index in [4.69, 9.17) is 0 Å². The highest BCUT2D eigenvalue weighted by atomic mass is 32.1. The molecule has 0 spiro atoms. The standard InChI is InChI=1S/C5H6N2OS2/c8-5(9)7-3-4-6-1-2-10-4/h1-2H,3H2,(H2,7,8,9). The van der Waals surface area contributed by atoms with Gasteiger partial charge in [-0.25, -0.2) is 4.98 Å². The van der Waals surface area contributed by atoms with Crippen molar-refractivity contribution < 1.29 is 4.79 Å². The molecule has 1 aromatic heterocycles. The lowest BCUT2D eigenvalue weighted by Crippen LogP contribution is -2.15. The molecule has 0 saturated carbocycles. The zero-order chi connectivity index (χ0) is 7.40. The number of hydrogen-bond acceptors (Lipinski definition) is 3. The van der Waals surface area contributed by atoms with Gasteiger partial charge in [-0.1, -0.05) is 12.6 Å². The Morgan fingerprint density at radius 2 is 2.70 bits per heavy atom. The normalized spacial score (nSPS) is 9.30. The lowest BCUT2D eigenvalue weighted by Gasteiger charge is -1.94. The van der Waals surface area contributed by atoms with E-state index in [0.717, 1.165) is 5.01 Å². The van der Waals surface area contributed by atoms with Crippen molar-refractivity contribution in [2.24, 2.45) is 0 Å². The summed E-state index contributed by atoms with van der Waals surface area (Å²) in [4.78, 5) is 14.2. The molecule has 54 valence electrons. The van der Waals surface area contributed by atoms with E-state index >= 15 is 0 Å². The molecule has 0 atom stereocenters. The molecule has 0 aromatic carbocycles. The van der Waals surface area contributed by atoms with Crippen LogP contribution < -0.4 is 5.32 Å². The SMILES string of the molecule is O=C(S)NCc1nccs1. The van der Waals surface area contributed by atoms with E-state index in [2.05, 4.69) is 22.9 Å².